The predicted octanol–water partition coefficient (Wildman–Crippen LogP) is 2.63. The molecule has 78 valence electrons. The number of hydrogen-bond acceptors (Lipinski definition) is 2. The van der Waals surface area contributed by atoms with Gasteiger partial charge in [-0.15, -0.1) is 0 Å². The largest absolute Gasteiger partial charge is 0.508 e. The third kappa shape index (κ3) is 2.74. The zero-order valence-corrected chi connectivity index (χ0v) is 9.17. The maximum atomic E-state index is 9.61. The molecule has 0 atom stereocenters. The summed E-state index contributed by atoms with van der Waals surface area (Å²) in [5.74, 6) is 0.775. The van der Waals surface area contributed by atoms with Crippen molar-refractivity contribution in [2.45, 2.75) is 33.2 Å². The molecule has 0 aliphatic carbocycles. The van der Waals surface area contributed by atoms with Crippen molar-refractivity contribution in [2.75, 3.05) is 6.54 Å². The molecule has 0 heterocycles. The van der Waals surface area contributed by atoms with Gasteiger partial charge in [0.05, 0.1) is 0 Å². The fraction of sp³-hybridized carbons (Fsp3) is 0.500. The van der Waals surface area contributed by atoms with Crippen LogP contribution in [0.25, 0.3) is 0 Å². The highest BCUT2D eigenvalue weighted by molar-refractivity contribution is 5.38. The molecule has 0 fully saturated rings. The number of rotatable bonds is 4. The van der Waals surface area contributed by atoms with Crippen molar-refractivity contribution in [1.29, 1.82) is 0 Å². The molecule has 1 rings (SSSR count). The molecule has 2 N–H and O–H groups in total. The summed E-state index contributed by atoms with van der Waals surface area (Å²) >= 11 is 0. The third-order valence-corrected chi connectivity index (χ3v) is 2.29. The van der Waals surface area contributed by atoms with Crippen molar-refractivity contribution in [2.24, 2.45) is 0 Å². The van der Waals surface area contributed by atoms with Gasteiger partial charge < -0.3 is 10.4 Å². The smallest absolute Gasteiger partial charge is 0.119 e. The van der Waals surface area contributed by atoms with Crippen molar-refractivity contribution < 1.29 is 5.11 Å². The summed E-state index contributed by atoms with van der Waals surface area (Å²) in [5.41, 5.74) is 2.26. The van der Waals surface area contributed by atoms with Crippen LogP contribution in [0.5, 0.6) is 5.75 Å². The highest BCUT2D eigenvalue weighted by atomic mass is 16.3. The van der Waals surface area contributed by atoms with E-state index in [-0.39, 0.29) is 0 Å². The first kappa shape index (κ1) is 11.1. The Morgan fingerprint density at radius 3 is 2.64 bits per heavy atom. The summed E-state index contributed by atoms with van der Waals surface area (Å²) in [6, 6.07) is 5.81. The van der Waals surface area contributed by atoms with E-state index in [9.17, 15) is 5.11 Å². The molecule has 0 aliphatic rings. The van der Waals surface area contributed by atoms with Crippen LogP contribution in [0.2, 0.25) is 0 Å². The Labute approximate surface area is 86.0 Å². The van der Waals surface area contributed by atoms with E-state index in [0.29, 0.717) is 11.7 Å². The minimum absolute atomic E-state index is 0.372. The van der Waals surface area contributed by atoms with Gasteiger partial charge in [-0.1, -0.05) is 32.9 Å². The van der Waals surface area contributed by atoms with E-state index in [4.69, 9.17) is 0 Å². The van der Waals surface area contributed by atoms with Crippen LogP contribution in [-0.2, 0) is 6.54 Å². The van der Waals surface area contributed by atoms with Crippen LogP contribution in [0.4, 0.5) is 0 Å². The highest BCUT2D eigenvalue weighted by Crippen LogP contribution is 2.26. The molecule has 0 unspecified atom stereocenters. The normalized spacial score (nSPS) is 10.9. The summed E-state index contributed by atoms with van der Waals surface area (Å²) in [7, 11) is 0. The Bertz CT molecular complexity index is 294. The predicted molar refractivity (Wildman–Crippen MR) is 59.6 cm³/mol. The first-order chi connectivity index (χ1) is 6.65. The van der Waals surface area contributed by atoms with Gasteiger partial charge in [-0.3, -0.25) is 0 Å². The van der Waals surface area contributed by atoms with E-state index < -0.39 is 0 Å². The van der Waals surface area contributed by atoms with E-state index in [2.05, 4.69) is 32.2 Å². The lowest BCUT2D eigenvalue weighted by Crippen LogP contribution is -2.11. The second-order valence-electron chi connectivity index (χ2n) is 3.83. The molecule has 0 saturated heterocycles. The zero-order chi connectivity index (χ0) is 10.6. The van der Waals surface area contributed by atoms with Crippen LogP contribution < -0.4 is 5.32 Å². The molecule has 0 amide bonds. The maximum absolute atomic E-state index is 9.61. The molecule has 0 aromatic heterocycles. The van der Waals surface area contributed by atoms with Gasteiger partial charge >= 0.3 is 0 Å². The molecular weight excluding hydrogens is 174 g/mol. The minimum Gasteiger partial charge on any atom is -0.508 e. The second kappa shape index (κ2) is 5.01. The van der Waals surface area contributed by atoms with Gasteiger partial charge in [0.15, 0.2) is 0 Å². The summed E-state index contributed by atoms with van der Waals surface area (Å²) < 4.78 is 0. The molecule has 0 radical (unpaired) electrons. The zero-order valence-electron chi connectivity index (χ0n) is 9.17. The molecule has 14 heavy (non-hydrogen) atoms. The number of nitrogens with one attached hydrogen (secondary N) is 1. The lowest BCUT2D eigenvalue weighted by molar-refractivity contribution is 0.464. The first-order valence-electron chi connectivity index (χ1n) is 5.17. The van der Waals surface area contributed by atoms with Crippen molar-refractivity contribution in [3.63, 3.8) is 0 Å². The Kier molecular flexibility index (Phi) is 3.96. The molecule has 0 spiro atoms. The molecule has 0 saturated carbocycles. The molecule has 1 aromatic rings. The highest BCUT2D eigenvalue weighted by Gasteiger charge is 2.06. The summed E-state index contributed by atoms with van der Waals surface area (Å²) in [5, 5.41) is 12.9. The number of benzene rings is 1. The Hall–Kier alpha value is -1.02. The Morgan fingerprint density at radius 2 is 2.07 bits per heavy atom. The van der Waals surface area contributed by atoms with Crippen molar-refractivity contribution in [3.05, 3.63) is 29.3 Å². The average molecular weight is 193 g/mol. The van der Waals surface area contributed by atoms with Gasteiger partial charge in [-0.05, 0) is 29.7 Å². The third-order valence-electron chi connectivity index (χ3n) is 2.29. The average Bonchev–Trinajstić information content (AvgIpc) is 2.16. The summed E-state index contributed by atoms with van der Waals surface area (Å²) in [4.78, 5) is 0. The summed E-state index contributed by atoms with van der Waals surface area (Å²) in [6.07, 6.45) is 0. The van der Waals surface area contributed by atoms with Gasteiger partial charge in [-0.2, -0.15) is 0 Å². The first-order valence-corrected chi connectivity index (χ1v) is 5.17. The molecule has 2 nitrogen and oxygen atoms in total. The second-order valence-corrected chi connectivity index (χ2v) is 3.83. The van der Waals surface area contributed by atoms with E-state index in [1.807, 2.05) is 6.07 Å². The Balaban J connectivity index is 2.83. The number of aromatic hydroxyl groups is 1. The SMILES string of the molecule is CCNCc1ccc(O)c(C(C)C)c1. The topological polar surface area (TPSA) is 32.3 Å². The Morgan fingerprint density at radius 1 is 1.36 bits per heavy atom. The lowest BCUT2D eigenvalue weighted by atomic mass is 9.99. The van der Waals surface area contributed by atoms with Crippen LogP contribution >= 0.6 is 0 Å². The van der Waals surface area contributed by atoms with Crippen LogP contribution in [-0.4, -0.2) is 11.7 Å². The van der Waals surface area contributed by atoms with Gasteiger partial charge in [-0.25, -0.2) is 0 Å². The lowest BCUT2D eigenvalue weighted by Gasteiger charge is -2.10. The van der Waals surface area contributed by atoms with Gasteiger partial charge in [0, 0.05) is 6.54 Å². The molecule has 1 aromatic carbocycles. The number of phenols is 1. The van der Waals surface area contributed by atoms with Crippen LogP contribution in [0.3, 0.4) is 0 Å². The van der Waals surface area contributed by atoms with Gasteiger partial charge in [0.1, 0.15) is 5.75 Å². The fourth-order valence-electron chi connectivity index (χ4n) is 1.45. The van der Waals surface area contributed by atoms with Crippen molar-refractivity contribution in [1.82, 2.24) is 5.32 Å². The summed E-state index contributed by atoms with van der Waals surface area (Å²) in [6.45, 7) is 8.11. The standard InChI is InChI=1S/C12H19NO/c1-4-13-8-10-5-6-12(14)11(7-10)9(2)3/h5-7,9,13-14H,4,8H2,1-3H3. The van der Waals surface area contributed by atoms with E-state index in [0.717, 1.165) is 18.7 Å². The van der Waals surface area contributed by atoms with Crippen molar-refractivity contribution >= 4 is 0 Å². The molecule has 2 heteroatoms. The van der Waals surface area contributed by atoms with E-state index >= 15 is 0 Å². The van der Waals surface area contributed by atoms with Crippen LogP contribution in [0, 0.1) is 0 Å². The minimum atomic E-state index is 0.372. The van der Waals surface area contributed by atoms with Crippen LogP contribution in [0.1, 0.15) is 37.8 Å². The quantitative estimate of drug-likeness (QED) is 0.770. The molecular formula is C12H19NO. The van der Waals surface area contributed by atoms with E-state index in [1.54, 1.807) is 6.07 Å². The number of phenolic OH excluding ortho intramolecular Hbond substituents is 1. The van der Waals surface area contributed by atoms with Crippen molar-refractivity contribution in [3.8, 4) is 5.75 Å². The van der Waals surface area contributed by atoms with Gasteiger partial charge in [0.25, 0.3) is 0 Å². The maximum Gasteiger partial charge on any atom is 0.119 e. The molecule has 0 bridgehead atoms. The fourth-order valence-corrected chi connectivity index (χ4v) is 1.45. The van der Waals surface area contributed by atoms with E-state index in [1.165, 1.54) is 5.56 Å². The monoisotopic (exact) mass is 193 g/mol. The molecule has 0 aliphatic heterocycles. The van der Waals surface area contributed by atoms with Crippen LogP contribution in [0.15, 0.2) is 18.2 Å². The number of hydrogen-bond donors (Lipinski definition) is 2. The van der Waals surface area contributed by atoms with Gasteiger partial charge in [0.2, 0.25) is 0 Å².